The van der Waals surface area contributed by atoms with E-state index in [1.807, 2.05) is 6.92 Å². The highest BCUT2D eigenvalue weighted by Crippen LogP contribution is 2.43. The molecule has 1 heterocycles. The van der Waals surface area contributed by atoms with Gasteiger partial charge in [-0.25, -0.2) is 4.79 Å². The summed E-state index contributed by atoms with van der Waals surface area (Å²) in [6.07, 6.45) is -3.59. The zero-order valence-electron chi connectivity index (χ0n) is 12.1. The van der Waals surface area contributed by atoms with Crippen LogP contribution in [0.3, 0.4) is 0 Å². The van der Waals surface area contributed by atoms with Gasteiger partial charge in [0.05, 0.1) is 6.61 Å². The van der Waals surface area contributed by atoms with Crippen LogP contribution in [0, 0.1) is 0 Å². The monoisotopic (exact) mass is 315 g/mol. The first-order valence-corrected chi connectivity index (χ1v) is 6.83. The van der Waals surface area contributed by atoms with E-state index in [4.69, 9.17) is 0 Å². The summed E-state index contributed by atoms with van der Waals surface area (Å²) in [7, 11) is 0. The number of carbonyl (C=O) groups excluding carboxylic acids is 1. The van der Waals surface area contributed by atoms with Gasteiger partial charge in [0.2, 0.25) is 0 Å². The number of hydrogen-bond acceptors (Lipinski definition) is 3. The maximum Gasteiger partial charge on any atom is 0.432 e. The van der Waals surface area contributed by atoms with Gasteiger partial charge in [0.1, 0.15) is 0 Å². The number of nitrogens with one attached hydrogen (secondary N) is 1. The molecule has 0 aliphatic carbocycles. The van der Waals surface area contributed by atoms with E-state index >= 15 is 0 Å². The van der Waals surface area contributed by atoms with Crippen molar-refractivity contribution in [2.24, 2.45) is 0 Å². The summed E-state index contributed by atoms with van der Waals surface area (Å²) in [6.45, 7) is 2.97. The lowest BCUT2D eigenvalue weighted by Crippen LogP contribution is -2.50. The van der Waals surface area contributed by atoms with Gasteiger partial charge in [-0.1, -0.05) is 25.1 Å². The average Bonchev–Trinajstić information content (AvgIpc) is 2.89. The van der Waals surface area contributed by atoms with Crippen LogP contribution in [0.5, 0.6) is 0 Å². The van der Waals surface area contributed by atoms with Crippen LogP contribution in [-0.2, 0) is 21.6 Å². The number of aliphatic hydroxyl groups is 1. The first-order valence-electron chi connectivity index (χ1n) is 6.83. The molecular weight excluding hydrogens is 299 g/mol. The number of aromatic nitrogens is 1. The van der Waals surface area contributed by atoms with E-state index in [-0.39, 0.29) is 12.0 Å². The summed E-state index contributed by atoms with van der Waals surface area (Å²) in [5, 5.41) is 10.3. The lowest BCUT2D eigenvalue weighted by Gasteiger charge is -2.27. The molecule has 0 radical (unpaired) electrons. The molecule has 7 heteroatoms. The Balaban J connectivity index is 2.71. The Morgan fingerprint density at radius 1 is 1.32 bits per heavy atom. The lowest BCUT2D eigenvalue weighted by molar-refractivity contribution is -0.267. The quantitative estimate of drug-likeness (QED) is 0.853. The predicted octanol–water partition coefficient (Wildman–Crippen LogP) is 3.04. The predicted molar refractivity (Wildman–Crippen MR) is 74.3 cm³/mol. The fraction of sp³-hybridized carbons (Fsp3) is 0.400. The van der Waals surface area contributed by atoms with Crippen molar-refractivity contribution in [1.82, 2.24) is 4.98 Å². The minimum Gasteiger partial charge on any atom is -0.463 e. The SMILES string of the molecule is CCOC(=O)C(O)(c1c[nH]c2c(CC)cccc12)C(F)(F)F. The van der Waals surface area contributed by atoms with Crippen molar-refractivity contribution in [3.05, 3.63) is 35.5 Å². The highest BCUT2D eigenvalue weighted by Gasteiger charge is 2.63. The number of fused-ring (bicyclic) bond motifs is 1. The van der Waals surface area contributed by atoms with E-state index in [0.29, 0.717) is 11.9 Å². The van der Waals surface area contributed by atoms with Crippen LogP contribution >= 0.6 is 0 Å². The number of rotatable bonds is 4. The van der Waals surface area contributed by atoms with Gasteiger partial charge in [0, 0.05) is 22.7 Å². The first kappa shape index (κ1) is 16.4. The maximum atomic E-state index is 13.4. The lowest BCUT2D eigenvalue weighted by atomic mass is 9.92. The molecule has 1 unspecified atom stereocenters. The molecule has 0 amide bonds. The standard InChI is InChI=1S/C15H16F3NO3/c1-3-9-6-5-7-10-11(8-19-12(9)10)14(21,15(16,17)18)13(20)22-4-2/h5-8,19,21H,3-4H2,1-2H3. The molecule has 0 aliphatic rings. The topological polar surface area (TPSA) is 62.3 Å². The van der Waals surface area contributed by atoms with Crippen LogP contribution in [0.2, 0.25) is 0 Å². The summed E-state index contributed by atoms with van der Waals surface area (Å²) in [6, 6.07) is 4.77. The van der Waals surface area contributed by atoms with Gasteiger partial charge in [-0.15, -0.1) is 0 Å². The Kier molecular flexibility index (Phi) is 4.19. The van der Waals surface area contributed by atoms with Crippen molar-refractivity contribution in [2.45, 2.75) is 32.0 Å². The Bertz CT molecular complexity index is 693. The smallest absolute Gasteiger partial charge is 0.432 e. The maximum absolute atomic E-state index is 13.4. The number of para-hydroxylation sites is 1. The molecule has 0 saturated carbocycles. The third-order valence-corrected chi connectivity index (χ3v) is 3.55. The third-order valence-electron chi connectivity index (χ3n) is 3.55. The van der Waals surface area contributed by atoms with Gasteiger partial charge in [0.15, 0.2) is 0 Å². The van der Waals surface area contributed by atoms with Crippen molar-refractivity contribution in [3.63, 3.8) is 0 Å². The van der Waals surface area contributed by atoms with Crippen LogP contribution in [0.4, 0.5) is 13.2 Å². The van der Waals surface area contributed by atoms with E-state index in [0.717, 1.165) is 11.8 Å². The number of esters is 1. The third kappa shape index (κ3) is 2.35. The number of H-pyrrole nitrogens is 1. The highest BCUT2D eigenvalue weighted by molar-refractivity contribution is 5.93. The number of ether oxygens (including phenoxy) is 1. The molecule has 1 aromatic carbocycles. The number of aryl methyl sites for hydroxylation is 1. The van der Waals surface area contributed by atoms with E-state index in [1.165, 1.54) is 13.0 Å². The first-order chi connectivity index (χ1) is 10.3. The van der Waals surface area contributed by atoms with Crippen molar-refractivity contribution >= 4 is 16.9 Å². The van der Waals surface area contributed by atoms with Gasteiger partial charge < -0.3 is 14.8 Å². The summed E-state index contributed by atoms with van der Waals surface area (Å²) in [4.78, 5) is 14.5. The fourth-order valence-corrected chi connectivity index (χ4v) is 2.43. The van der Waals surface area contributed by atoms with Gasteiger partial charge in [-0.3, -0.25) is 0 Å². The molecule has 4 nitrogen and oxygen atoms in total. The van der Waals surface area contributed by atoms with Crippen LogP contribution < -0.4 is 0 Å². The van der Waals surface area contributed by atoms with Crippen LogP contribution in [0.15, 0.2) is 24.4 Å². The largest absolute Gasteiger partial charge is 0.463 e. The van der Waals surface area contributed by atoms with Gasteiger partial charge >= 0.3 is 12.1 Å². The minimum atomic E-state index is -5.20. The van der Waals surface area contributed by atoms with Crippen molar-refractivity contribution < 1.29 is 27.8 Å². The van der Waals surface area contributed by atoms with Gasteiger partial charge in [-0.2, -0.15) is 13.2 Å². The summed E-state index contributed by atoms with van der Waals surface area (Å²) < 4.78 is 44.6. The number of hydrogen-bond donors (Lipinski definition) is 2. The zero-order valence-corrected chi connectivity index (χ0v) is 12.1. The summed E-state index contributed by atoms with van der Waals surface area (Å²) in [5.41, 5.74) is -3.00. The van der Waals surface area contributed by atoms with Crippen molar-refractivity contribution in [2.75, 3.05) is 6.61 Å². The van der Waals surface area contributed by atoms with E-state index < -0.39 is 23.3 Å². The molecule has 2 rings (SSSR count). The Labute approximate surface area is 124 Å². The fourth-order valence-electron chi connectivity index (χ4n) is 2.43. The number of halogens is 3. The molecule has 1 atom stereocenters. The second-order valence-corrected chi connectivity index (χ2v) is 4.82. The molecular formula is C15H16F3NO3. The Morgan fingerprint density at radius 2 is 2.00 bits per heavy atom. The molecule has 0 saturated heterocycles. The molecule has 1 aromatic heterocycles. The van der Waals surface area contributed by atoms with Crippen molar-refractivity contribution in [1.29, 1.82) is 0 Å². The van der Waals surface area contributed by atoms with Crippen LogP contribution in [0.1, 0.15) is 25.0 Å². The molecule has 2 N–H and O–H groups in total. The molecule has 22 heavy (non-hydrogen) atoms. The summed E-state index contributed by atoms with van der Waals surface area (Å²) in [5.74, 6) is -1.73. The van der Waals surface area contributed by atoms with E-state index in [1.54, 1.807) is 12.1 Å². The minimum absolute atomic E-state index is 0.146. The van der Waals surface area contributed by atoms with Gasteiger partial charge in [-0.05, 0) is 18.9 Å². The zero-order chi connectivity index (χ0) is 16.5. The Hall–Kier alpha value is -2.02. The van der Waals surface area contributed by atoms with Gasteiger partial charge in [0.25, 0.3) is 5.60 Å². The highest BCUT2D eigenvalue weighted by atomic mass is 19.4. The van der Waals surface area contributed by atoms with E-state index in [9.17, 15) is 23.1 Å². The Morgan fingerprint density at radius 3 is 2.55 bits per heavy atom. The number of carbonyl (C=O) groups is 1. The normalized spacial score (nSPS) is 14.8. The number of benzene rings is 1. The molecule has 120 valence electrons. The van der Waals surface area contributed by atoms with Crippen LogP contribution in [0.25, 0.3) is 10.9 Å². The summed E-state index contributed by atoms with van der Waals surface area (Å²) >= 11 is 0. The molecule has 0 fully saturated rings. The number of alkyl halides is 3. The number of aromatic amines is 1. The van der Waals surface area contributed by atoms with Crippen LogP contribution in [-0.4, -0.2) is 28.8 Å². The average molecular weight is 315 g/mol. The van der Waals surface area contributed by atoms with E-state index in [2.05, 4.69) is 9.72 Å². The second-order valence-electron chi connectivity index (χ2n) is 4.82. The molecule has 0 bridgehead atoms. The van der Waals surface area contributed by atoms with Crippen molar-refractivity contribution in [3.8, 4) is 0 Å². The molecule has 0 aliphatic heterocycles. The second kappa shape index (κ2) is 5.64. The molecule has 0 spiro atoms. The molecule has 2 aromatic rings.